The molecular weight excluding hydrogens is 324 g/mol. The van der Waals surface area contributed by atoms with Gasteiger partial charge in [0.25, 0.3) is 0 Å². The van der Waals surface area contributed by atoms with Crippen LogP contribution < -0.4 is 10.1 Å². The Morgan fingerprint density at radius 1 is 1.12 bits per heavy atom. The van der Waals surface area contributed by atoms with Crippen LogP contribution >= 0.6 is 0 Å². The van der Waals surface area contributed by atoms with E-state index in [4.69, 9.17) is 4.74 Å². The van der Waals surface area contributed by atoms with E-state index < -0.39 is 0 Å². The fourth-order valence-corrected chi connectivity index (χ4v) is 3.24. The van der Waals surface area contributed by atoms with Gasteiger partial charge in [0.05, 0.1) is 0 Å². The molecule has 1 aliphatic heterocycles. The summed E-state index contributed by atoms with van der Waals surface area (Å²) < 4.78 is 5.85. The van der Waals surface area contributed by atoms with Gasteiger partial charge in [-0.3, -0.25) is 4.79 Å². The zero-order valence-electron chi connectivity index (χ0n) is 15.5. The van der Waals surface area contributed by atoms with Gasteiger partial charge in [-0.05, 0) is 49.6 Å². The van der Waals surface area contributed by atoms with Gasteiger partial charge in [0.2, 0.25) is 5.91 Å². The summed E-state index contributed by atoms with van der Waals surface area (Å²) in [6.45, 7) is 6.25. The molecule has 4 heteroatoms. The van der Waals surface area contributed by atoms with E-state index >= 15 is 0 Å². The molecule has 0 spiro atoms. The second-order valence-electron chi connectivity index (χ2n) is 6.94. The molecule has 1 saturated heterocycles. The van der Waals surface area contributed by atoms with E-state index in [0.717, 1.165) is 51.2 Å². The van der Waals surface area contributed by atoms with Gasteiger partial charge in [0.1, 0.15) is 12.4 Å². The quantitative estimate of drug-likeness (QED) is 0.700. The lowest BCUT2D eigenvalue weighted by Crippen LogP contribution is -2.28. The van der Waals surface area contributed by atoms with Crippen molar-refractivity contribution in [1.29, 1.82) is 0 Å². The monoisotopic (exact) mass is 352 g/mol. The van der Waals surface area contributed by atoms with Gasteiger partial charge in [-0.2, -0.15) is 0 Å². The standard InChI is InChI=1S/C22H28N2O2/c1-18-5-2-6-20(15-18)17-26-21-10-8-19(9-11-21)16-23-12-4-14-24-13-3-7-22(24)25/h2,5-6,8-11,15,23H,3-4,7,12-14,16-17H2,1H3. The molecule has 4 nitrogen and oxygen atoms in total. The predicted molar refractivity (Wildman–Crippen MR) is 104 cm³/mol. The average Bonchev–Trinajstić information content (AvgIpc) is 3.06. The highest BCUT2D eigenvalue weighted by Crippen LogP contribution is 2.15. The second-order valence-corrected chi connectivity index (χ2v) is 6.94. The fourth-order valence-electron chi connectivity index (χ4n) is 3.24. The minimum atomic E-state index is 0.311. The van der Waals surface area contributed by atoms with E-state index in [-0.39, 0.29) is 0 Å². The molecule has 2 aromatic carbocycles. The Kier molecular flexibility index (Phi) is 6.67. The normalized spacial score (nSPS) is 14.0. The van der Waals surface area contributed by atoms with Crippen molar-refractivity contribution in [3.05, 3.63) is 65.2 Å². The number of hydrogen-bond acceptors (Lipinski definition) is 3. The summed E-state index contributed by atoms with van der Waals surface area (Å²) in [4.78, 5) is 13.5. The van der Waals surface area contributed by atoms with Crippen molar-refractivity contribution < 1.29 is 9.53 Å². The zero-order valence-corrected chi connectivity index (χ0v) is 15.5. The lowest BCUT2D eigenvalue weighted by Gasteiger charge is -2.15. The van der Waals surface area contributed by atoms with Crippen molar-refractivity contribution in [2.24, 2.45) is 0 Å². The van der Waals surface area contributed by atoms with E-state index in [1.807, 2.05) is 17.0 Å². The fraction of sp³-hybridized carbons (Fsp3) is 0.409. The maximum Gasteiger partial charge on any atom is 0.222 e. The molecule has 0 saturated carbocycles. The first kappa shape index (κ1) is 18.5. The van der Waals surface area contributed by atoms with Crippen LogP contribution in [0.25, 0.3) is 0 Å². The Morgan fingerprint density at radius 3 is 2.69 bits per heavy atom. The smallest absolute Gasteiger partial charge is 0.222 e. The molecule has 0 unspecified atom stereocenters. The number of rotatable bonds is 9. The minimum Gasteiger partial charge on any atom is -0.489 e. The third-order valence-corrected chi connectivity index (χ3v) is 4.69. The second kappa shape index (κ2) is 9.39. The van der Waals surface area contributed by atoms with Crippen molar-refractivity contribution in [2.45, 2.75) is 39.3 Å². The minimum absolute atomic E-state index is 0.311. The van der Waals surface area contributed by atoms with Crippen LogP contribution in [-0.2, 0) is 17.9 Å². The number of ether oxygens (including phenoxy) is 1. The molecule has 1 aliphatic rings. The van der Waals surface area contributed by atoms with E-state index in [1.165, 1.54) is 16.7 Å². The van der Waals surface area contributed by atoms with E-state index in [2.05, 4.69) is 48.6 Å². The first-order valence-corrected chi connectivity index (χ1v) is 9.46. The van der Waals surface area contributed by atoms with Crippen molar-refractivity contribution in [2.75, 3.05) is 19.6 Å². The number of carbonyl (C=O) groups is 1. The third kappa shape index (κ3) is 5.60. The first-order chi connectivity index (χ1) is 12.7. The molecule has 0 atom stereocenters. The molecule has 0 bridgehead atoms. The maximum absolute atomic E-state index is 11.5. The number of likely N-dealkylation sites (tertiary alicyclic amines) is 1. The van der Waals surface area contributed by atoms with Gasteiger partial charge in [-0.15, -0.1) is 0 Å². The van der Waals surface area contributed by atoms with Crippen LogP contribution in [0.3, 0.4) is 0 Å². The molecule has 0 aliphatic carbocycles. The lowest BCUT2D eigenvalue weighted by atomic mass is 10.1. The molecule has 0 aromatic heterocycles. The molecule has 1 amide bonds. The van der Waals surface area contributed by atoms with Gasteiger partial charge in [0, 0.05) is 26.1 Å². The molecule has 1 fully saturated rings. The number of benzene rings is 2. The van der Waals surface area contributed by atoms with Crippen LogP contribution in [0.15, 0.2) is 48.5 Å². The zero-order chi connectivity index (χ0) is 18.2. The van der Waals surface area contributed by atoms with Crippen LogP contribution in [-0.4, -0.2) is 30.4 Å². The SMILES string of the molecule is Cc1cccc(COc2ccc(CNCCCN3CCCC3=O)cc2)c1. The van der Waals surface area contributed by atoms with Crippen LogP contribution in [0.5, 0.6) is 5.75 Å². The predicted octanol–water partition coefficient (Wildman–Crippen LogP) is 3.68. The van der Waals surface area contributed by atoms with E-state index in [1.54, 1.807) is 0 Å². The molecule has 26 heavy (non-hydrogen) atoms. The van der Waals surface area contributed by atoms with Gasteiger partial charge in [0.15, 0.2) is 0 Å². The van der Waals surface area contributed by atoms with Gasteiger partial charge in [-0.1, -0.05) is 42.0 Å². The van der Waals surface area contributed by atoms with E-state index in [9.17, 15) is 4.79 Å². The summed E-state index contributed by atoms with van der Waals surface area (Å²) >= 11 is 0. The Labute approximate surface area is 156 Å². The summed E-state index contributed by atoms with van der Waals surface area (Å²) in [5.74, 6) is 1.20. The number of nitrogens with zero attached hydrogens (tertiary/aromatic N) is 1. The number of nitrogens with one attached hydrogen (secondary N) is 1. The van der Waals surface area contributed by atoms with Crippen molar-refractivity contribution in [1.82, 2.24) is 10.2 Å². The Balaban J connectivity index is 1.34. The summed E-state index contributed by atoms with van der Waals surface area (Å²) in [7, 11) is 0. The maximum atomic E-state index is 11.5. The largest absolute Gasteiger partial charge is 0.489 e. The lowest BCUT2D eigenvalue weighted by molar-refractivity contribution is -0.127. The summed E-state index contributed by atoms with van der Waals surface area (Å²) in [6, 6.07) is 16.6. The molecule has 3 rings (SSSR count). The molecule has 0 radical (unpaired) electrons. The highest BCUT2D eigenvalue weighted by molar-refractivity contribution is 5.77. The number of aryl methyl sites for hydroxylation is 1. The highest BCUT2D eigenvalue weighted by atomic mass is 16.5. The first-order valence-electron chi connectivity index (χ1n) is 9.46. The van der Waals surface area contributed by atoms with Crippen LogP contribution in [0, 0.1) is 6.92 Å². The van der Waals surface area contributed by atoms with Crippen LogP contribution in [0.4, 0.5) is 0 Å². The highest BCUT2D eigenvalue weighted by Gasteiger charge is 2.18. The summed E-state index contributed by atoms with van der Waals surface area (Å²) in [5, 5.41) is 3.45. The van der Waals surface area contributed by atoms with Crippen molar-refractivity contribution in [3.8, 4) is 5.75 Å². The van der Waals surface area contributed by atoms with Gasteiger partial charge < -0.3 is 15.0 Å². The molecule has 138 valence electrons. The van der Waals surface area contributed by atoms with Gasteiger partial charge in [-0.25, -0.2) is 0 Å². The Bertz CT molecular complexity index is 712. The van der Waals surface area contributed by atoms with Crippen molar-refractivity contribution in [3.63, 3.8) is 0 Å². The summed E-state index contributed by atoms with van der Waals surface area (Å²) in [5.41, 5.74) is 3.68. The topological polar surface area (TPSA) is 41.6 Å². The van der Waals surface area contributed by atoms with Crippen molar-refractivity contribution >= 4 is 5.91 Å². The van der Waals surface area contributed by atoms with E-state index in [0.29, 0.717) is 12.5 Å². The Morgan fingerprint density at radius 2 is 1.96 bits per heavy atom. The molecule has 1 heterocycles. The summed E-state index contributed by atoms with van der Waals surface area (Å²) in [6.07, 6.45) is 2.75. The number of hydrogen-bond donors (Lipinski definition) is 1. The van der Waals surface area contributed by atoms with Crippen LogP contribution in [0.1, 0.15) is 36.0 Å². The van der Waals surface area contributed by atoms with Crippen LogP contribution in [0.2, 0.25) is 0 Å². The van der Waals surface area contributed by atoms with Gasteiger partial charge >= 0.3 is 0 Å². The number of amides is 1. The molecular formula is C22H28N2O2. The average molecular weight is 352 g/mol. The Hall–Kier alpha value is -2.33. The number of carbonyl (C=O) groups excluding carboxylic acids is 1. The molecule has 2 aromatic rings. The molecule has 1 N–H and O–H groups in total. The third-order valence-electron chi connectivity index (χ3n) is 4.69.